The van der Waals surface area contributed by atoms with Crippen molar-refractivity contribution in [2.45, 2.75) is 24.8 Å². The largest absolute Gasteiger partial charge is 0.508 e. The zero-order valence-electron chi connectivity index (χ0n) is 15.8. The highest BCUT2D eigenvalue weighted by atomic mass is 35.5. The second kappa shape index (κ2) is 10.5. The molecule has 0 amide bonds. The van der Waals surface area contributed by atoms with Crippen molar-refractivity contribution in [3.05, 3.63) is 43.9 Å². The molecule has 0 fully saturated rings. The summed E-state index contributed by atoms with van der Waals surface area (Å²) in [5.41, 5.74) is -2.75. The molecule has 1 aromatic carbocycles. The van der Waals surface area contributed by atoms with Crippen LogP contribution < -0.4 is 4.74 Å². The number of carbonyl (C=O) groups is 1. The first kappa shape index (κ1) is 25.2. The first-order valence-electron chi connectivity index (χ1n) is 8.59. The highest BCUT2D eigenvalue weighted by molar-refractivity contribution is 7.99. The number of fused-ring (bicyclic) bond motifs is 1. The summed E-state index contributed by atoms with van der Waals surface area (Å²) in [7, 11) is 0. The van der Waals surface area contributed by atoms with Gasteiger partial charge in [0.1, 0.15) is 19.0 Å². The molecule has 0 aromatic heterocycles. The quantitative estimate of drug-likeness (QED) is 0.196. The molecule has 1 heterocycles. The maximum atomic E-state index is 13.9. The highest BCUT2D eigenvalue weighted by Crippen LogP contribution is 2.47. The zero-order valence-corrected chi connectivity index (χ0v) is 18.1. The molecule has 0 N–H and O–H groups in total. The summed E-state index contributed by atoms with van der Waals surface area (Å²) >= 11 is 13.0. The Kier molecular flexibility index (Phi) is 8.55. The van der Waals surface area contributed by atoms with Gasteiger partial charge in [0.25, 0.3) is 10.7 Å². The number of hydrogen-bond acceptors (Lipinski definition) is 8. The fraction of sp³-hybridized carbons (Fsp3) is 0.471. The molecule has 1 unspecified atom stereocenters. The van der Waals surface area contributed by atoms with Gasteiger partial charge >= 0.3 is 12.3 Å². The van der Waals surface area contributed by atoms with Gasteiger partial charge in [0.05, 0.1) is 5.02 Å². The Morgan fingerprint density at radius 2 is 2.00 bits per heavy atom. The van der Waals surface area contributed by atoms with Crippen LogP contribution in [-0.2, 0) is 14.3 Å². The normalized spacial score (nSPS) is 18.5. The van der Waals surface area contributed by atoms with E-state index < -0.39 is 29.1 Å². The molecule has 0 spiro atoms. The van der Waals surface area contributed by atoms with Crippen LogP contribution in [0.3, 0.4) is 0 Å². The van der Waals surface area contributed by atoms with Crippen LogP contribution in [0.4, 0.5) is 18.0 Å². The molecule has 8 nitrogen and oxygen atoms in total. The zero-order chi connectivity index (χ0) is 23.2. The third-order valence-corrected chi connectivity index (χ3v) is 5.42. The van der Waals surface area contributed by atoms with Gasteiger partial charge in [-0.1, -0.05) is 29.3 Å². The molecular weight excluding hydrogens is 490 g/mol. The highest BCUT2D eigenvalue weighted by Gasteiger charge is 2.62. The van der Waals surface area contributed by atoms with Gasteiger partial charge in [-0.15, -0.1) is 10.1 Å². The number of nitrogens with zero attached hydrogens (tertiary/aromatic N) is 1. The van der Waals surface area contributed by atoms with Crippen molar-refractivity contribution in [2.24, 2.45) is 0 Å². The summed E-state index contributed by atoms with van der Waals surface area (Å²) in [6, 6.07) is 2.62. The predicted octanol–water partition coefficient (Wildman–Crippen LogP) is 5.18. The molecule has 0 aliphatic carbocycles. The van der Waals surface area contributed by atoms with Gasteiger partial charge in [0, 0.05) is 22.1 Å². The number of alkyl halides is 3. The molecule has 0 bridgehead atoms. The van der Waals surface area contributed by atoms with Gasteiger partial charge in [-0.2, -0.15) is 24.9 Å². The van der Waals surface area contributed by atoms with Crippen LogP contribution >= 0.6 is 35.0 Å². The number of benzene rings is 1. The Morgan fingerprint density at radius 1 is 1.32 bits per heavy atom. The van der Waals surface area contributed by atoms with E-state index in [-0.39, 0.29) is 46.1 Å². The standard InChI is InChI=1S/C17H16Cl2F3NO7S/c1-10(29-15(24)27-4-6-31-7-5-28-23(25)26)16(17(20,21)22)3-2-11-8-12(18)9-13(19)14(11)30-16/h2-3,8-10H,4-7H2,1H3/t10?,16-/m0/s1. The molecular formula is C17H16Cl2F3NO7S. The first-order valence-corrected chi connectivity index (χ1v) is 10.5. The lowest BCUT2D eigenvalue weighted by molar-refractivity contribution is -0.756. The number of thioether (sulfide) groups is 1. The summed E-state index contributed by atoms with van der Waals surface area (Å²) in [5, 5.41) is 9.14. The van der Waals surface area contributed by atoms with Crippen molar-refractivity contribution in [3.8, 4) is 5.75 Å². The Bertz CT molecular complexity index is 856. The monoisotopic (exact) mass is 505 g/mol. The SMILES string of the molecule is CC(OC(=O)OCCSCCO[N+](=O)[O-])[C@]1(C(F)(F)F)C=Cc2cc(Cl)cc(Cl)c2O1. The molecule has 1 aliphatic rings. The maximum absolute atomic E-state index is 13.9. The summed E-state index contributed by atoms with van der Waals surface area (Å²) in [5.74, 6) is 0.244. The first-order chi connectivity index (χ1) is 14.5. The predicted molar refractivity (Wildman–Crippen MR) is 107 cm³/mol. The summed E-state index contributed by atoms with van der Waals surface area (Å²) < 4.78 is 56.6. The number of carbonyl (C=O) groups excluding carboxylic acids is 1. The van der Waals surface area contributed by atoms with Gasteiger partial charge < -0.3 is 19.0 Å². The van der Waals surface area contributed by atoms with Crippen molar-refractivity contribution >= 4 is 47.2 Å². The summed E-state index contributed by atoms with van der Waals surface area (Å²) in [4.78, 5) is 25.9. The number of rotatable bonds is 9. The molecule has 1 aromatic rings. The van der Waals surface area contributed by atoms with E-state index in [1.54, 1.807) is 0 Å². The molecule has 0 radical (unpaired) electrons. The third kappa shape index (κ3) is 6.47. The lowest BCUT2D eigenvalue weighted by Crippen LogP contribution is -2.58. The van der Waals surface area contributed by atoms with Crippen LogP contribution in [-0.4, -0.2) is 53.8 Å². The second-order valence-electron chi connectivity index (χ2n) is 6.06. The summed E-state index contributed by atoms with van der Waals surface area (Å²) in [6.07, 6.45) is -6.25. The van der Waals surface area contributed by atoms with E-state index in [9.17, 15) is 28.1 Å². The van der Waals surface area contributed by atoms with Crippen LogP contribution in [0.2, 0.25) is 10.0 Å². The van der Waals surface area contributed by atoms with Gasteiger partial charge in [-0.25, -0.2) is 4.79 Å². The van der Waals surface area contributed by atoms with E-state index in [0.29, 0.717) is 0 Å². The number of halogens is 5. The van der Waals surface area contributed by atoms with Gasteiger partial charge in [-0.3, -0.25) is 0 Å². The minimum absolute atomic E-state index is 0.131. The average Bonchev–Trinajstić information content (AvgIpc) is 2.65. The van der Waals surface area contributed by atoms with Gasteiger partial charge in [0.15, 0.2) is 6.10 Å². The van der Waals surface area contributed by atoms with Crippen LogP contribution in [0.1, 0.15) is 12.5 Å². The number of ether oxygens (including phenoxy) is 3. The van der Waals surface area contributed by atoms with Gasteiger partial charge in [0.2, 0.25) is 0 Å². The summed E-state index contributed by atoms with van der Waals surface area (Å²) in [6.45, 7) is 0.682. The topological polar surface area (TPSA) is 97.1 Å². The fourth-order valence-corrected chi connectivity index (χ4v) is 3.70. The third-order valence-electron chi connectivity index (χ3n) is 4.01. The van der Waals surface area contributed by atoms with E-state index in [0.717, 1.165) is 19.1 Å². The lowest BCUT2D eigenvalue weighted by atomic mass is 9.92. The Morgan fingerprint density at radius 3 is 2.65 bits per heavy atom. The van der Waals surface area contributed by atoms with E-state index >= 15 is 0 Å². The minimum atomic E-state index is -4.96. The molecule has 2 rings (SSSR count). The van der Waals surface area contributed by atoms with Crippen molar-refractivity contribution in [1.29, 1.82) is 0 Å². The molecule has 1 aliphatic heterocycles. The fourth-order valence-electron chi connectivity index (χ4n) is 2.55. The van der Waals surface area contributed by atoms with Crippen LogP contribution in [0.5, 0.6) is 5.75 Å². The smallest absolute Gasteiger partial charge is 0.467 e. The van der Waals surface area contributed by atoms with E-state index in [1.807, 2.05) is 0 Å². The molecule has 2 atom stereocenters. The van der Waals surface area contributed by atoms with E-state index in [1.165, 1.54) is 23.9 Å². The molecule has 14 heteroatoms. The van der Waals surface area contributed by atoms with E-state index in [2.05, 4.69) is 4.84 Å². The molecule has 172 valence electrons. The lowest BCUT2D eigenvalue weighted by Gasteiger charge is -2.39. The van der Waals surface area contributed by atoms with Crippen molar-refractivity contribution in [1.82, 2.24) is 0 Å². The van der Waals surface area contributed by atoms with Crippen LogP contribution in [0.25, 0.3) is 6.08 Å². The average molecular weight is 506 g/mol. The van der Waals surface area contributed by atoms with Crippen molar-refractivity contribution in [2.75, 3.05) is 24.7 Å². The van der Waals surface area contributed by atoms with Gasteiger partial charge in [-0.05, 0) is 25.1 Å². The Labute approximate surface area is 188 Å². The van der Waals surface area contributed by atoms with Crippen LogP contribution in [0, 0.1) is 10.1 Å². The molecule has 0 saturated carbocycles. The van der Waals surface area contributed by atoms with Crippen LogP contribution in [0.15, 0.2) is 18.2 Å². The van der Waals surface area contributed by atoms with Crippen molar-refractivity contribution < 1.29 is 42.1 Å². The van der Waals surface area contributed by atoms with E-state index in [4.69, 9.17) is 37.4 Å². The maximum Gasteiger partial charge on any atom is 0.508 e. The molecule has 31 heavy (non-hydrogen) atoms. The number of hydrogen-bond donors (Lipinski definition) is 0. The Balaban J connectivity index is 1.98. The molecule has 0 saturated heterocycles. The Hall–Kier alpha value is -2.05. The minimum Gasteiger partial charge on any atom is -0.467 e. The second-order valence-corrected chi connectivity index (χ2v) is 8.13. The van der Waals surface area contributed by atoms with Crippen molar-refractivity contribution in [3.63, 3.8) is 0 Å².